The third-order valence-corrected chi connectivity index (χ3v) is 2.15. The first kappa shape index (κ1) is 11.4. The third kappa shape index (κ3) is 1.92. The van der Waals surface area contributed by atoms with Crippen molar-refractivity contribution in [1.82, 2.24) is 14.8 Å². The smallest absolute Gasteiger partial charge is 0.390 e. The average Bonchev–Trinajstić information content (AvgIpc) is 2.87. The van der Waals surface area contributed by atoms with Crippen LogP contribution in [-0.2, 0) is 0 Å². The zero-order valence-corrected chi connectivity index (χ0v) is 8.85. The Labute approximate surface area is 100 Å². The van der Waals surface area contributed by atoms with Gasteiger partial charge in [0.15, 0.2) is 0 Å². The predicted octanol–water partition coefficient (Wildman–Crippen LogP) is 1.54. The molecule has 0 aliphatic heterocycles. The zero-order chi connectivity index (χ0) is 13.1. The van der Waals surface area contributed by atoms with Gasteiger partial charge < -0.3 is 10.1 Å². The average molecular weight is 243 g/mol. The fraction of sp³-hybridized carbons (Fsp3) is 0. The fourth-order valence-electron chi connectivity index (χ4n) is 1.35. The Hall–Kier alpha value is -3.08. The molecule has 0 radical (unpaired) electrons. The Morgan fingerprint density at radius 1 is 1.50 bits per heavy atom. The lowest BCUT2D eigenvalue weighted by molar-refractivity contribution is -0.394. The molecule has 1 aromatic carbocycles. The molecule has 88 valence electrons. The van der Waals surface area contributed by atoms with E-state index in [0.717, 1.165) is 11.0 Å². The molecule has 0 amide bonds. The normalized spacial score (nSPS) is 9.72. The third-order valence-electron chi connectivity index (χ3n) is 2.15. The minimum Gasteiger partial charge on any atom is -0.390 e. The lowest BCUT2D eigenvalue weighted by atomic mass is 10.2. The molecular weight excluding hydrogens is 238 g/mol. The van der Waals surface area contributed by atoms with E-state index in [1.807, 2.05) is 0 Å². The number of aromatic nitrogens is 3. The zero-order valence-electron chi connectivity index (χ0n) is 8.85. The quantitative estimate of drug-likeness (QED) is 0.352. The van der Waals surface area contributed by atoms with Crippen LogP contribution in [0.4, 0.5) is 11.6 Å². The van der Waals surface area contributed by atoms with Crippen LogP contribution in [0.25, 0.3) is 10.5 Å². The summed E-state index contributed by atoms with van der Waals surface area (Å²) in [4.78, 5) is 27.1. The van der Waals surface area contributed by atoms with E-state index in [1.54, 1.807) is 0 Å². The summed E-state index contributed by atoms with van der Waals surface area (Å²) < 4.78 is 1.13. The van der Waals surface area contributed by atoms with Gasteiger partial charge in [-0.25, -0.2) is 4.85 Å². The van der Waals surface area contributed by atoms with Gasteiger partial charge in [0.2, 0.25) is 12.0 Å². The van der Waals surface area contributed by atoms with E-state index < -0.39 is 10.9 Å². The van der Waals surface area contributed by atoms with E-state index in [2.05, 4.69) is 14.9 Å². The molecule has 0 saturated heterocycles. The number of nitro groups is 1. The molecule has 8 heteroatoms. The Balaban J connectivity index is 2.53. The standard InChI is InChI=1S/C10H5N5O3/c1-11-8-4-7(5-16)2-3-9(8)14-6-12-10(13-14)15(17)18/h2-6H. The molecule has 0 spiro atoms. The molecule has 0 unspecified atom stereocenters. The van der Waals surface area contributed by atoms with Crippen molar-refractivity contribution in [3.8, 4) is 5.69 Å². The number of benzene rings is 1. The maximum absolute atomic E-state index is 10.6. The molecule has 0 atom stereocenters. The Kier molecular flexibility index (Phi) is 2.80. The van der Waals surface area contributed by atoms with Gasteiger partial charge in [-0.1, -0.05) is 11.1 Å². The number of hydrogen-bond donors (Lipinski definition) is 0. The van der Waals surface area contributed by atoms with Crippen molar-refractivity contribution in [2.45, 2.75) is 0 Å². The summed E-state index contributed by atoms with van der Waals surface area (Å²) >= 11 is 0. The summed E-state index contributed by atoms with van der Waals surface area (Å²) in [7, 11) is 0. The molecule has 1 aromatic heterocycles. The van der Waals surface area contributed by atoms with Gasteiger partial charge in [0.25, 0.3) is 0 Å². The topological polar surface area (TPSA) is 95.3 Å². The van der Waals surface area contributed by atoms with Gasteiger partial charge in [0.1, 0.15) is 6.29 Å². The van der Waals surface area contributed by atoms with Crippen LogP contribution < -0.4 is 0 Å². The lowest BCUT2D eigenvalue weighted by Gasteiger charge is -2.00. The maximum Gasteiger partial charge on any atom is 0.491 e. The summed E-state index contributed by atoms with van der Waals surface area (Å²) in [5.74, 6) is -0.551. The summed E-state index contributed by atoms with van der Waals surface area (Å²) in [6.45, 7) is 7.01. The maximum atomic E-state index is 10.6. The summed E-state index contributed by atoms with van der Waals surface area (Å²) in [5.41, 5.74) is 0.843. The van der Waals surface area contributed by atoms with Crippen molar-refractivity contribution in [2.24, 2.45) is 0 Å². The predicted molar refractivity (Wildman–Crippen MR) is 59.7 cm³/mol. The number of carbonyl (C=O) groups is 1. The second-order valence-electron chi connectivity index (χ2n) is 3.22. The van der Waals surface area contributed by atoms with Gasteiger partial charge >= 0.3 is 5.95 Å². The number of rotatable bonds is 3. The first-order valence-corrected chi connectivity index (χ1v) is 4.69. The number of nitrogens with zero attached hydrogens (tertiary/aromatic N) is 5. The number of carbonyl (C=O) groups excluding carboxylic acids is 1. The molecule has 2 rings (SSSR count). The van der Waals surface area contributed by atoms with E-state index in [0.29, 0.717) is 17.5 Å². The van der Waals surface area contributed by atoms with Crippen LogP contribution in [0.5, 0.6) is 0 Å². The largest absolute Gasteiger partial charge is 0.491 e. The van der Waals surface area contributed by atoms with E-state index in [1.165, 1.54) is 18.2 Å². The van der Waals surface area contributed by atoms with Crippen LogP contribution in [0.1, 0.15) is 10.4 Å². The molecule has 18 heavy (non-hydrogen) atoms. The molecule has 2 aromatic rings. The van der Waals surface area contributed by atoms with Gasteiger partial charge in [-0.15, -0.1) is 0 Å². The minimum absolute atomic E-state index is 0.166. The fourth-order valence-corrected chi connectivity index (χ4v) is 1.35. The van der Waals surface area contributed by atoms with Gasteiger partial charge in [-0.3, -0.25) is 4.79 Å². The highest BCUT2D eigenvalue weighted by Crippen LogP contribution is 2.24. The summed E-state index contributed by atoms with van der Waals surface area (Å²) in [6.07, 6.45) is 1.75. The van der Waals surface area contributed by atoms with E-state index in [9.17, 15) is 14.9 Å². The Morgan fingerprint density at radius 2 is 2.28 bits per heavy atom. The molecule has 0 saturated carbocycles. The van der Waals surface area contributed by atoms with E-state index in [-0.39, 0.29) is 5.69 Å². The van der Waals surface area contributed by atoms with Gasteiger partial charge in [-0.2, -0.15) is 4.68 Å². The van der Waals surface area contributed by atoms with Crippen molar-refractivity contribution in [3.63, 3.8) is 0 Å². The van der Waals surface area contributed by atoms with Crippen LogP contribution in [-0.4, -0.2) is 26.0 Å². The molecule has 0 bridgehead atoms. The van der Waals surface area contributed by atoms with E-state index >= 15 is 0 Å². The molecular formula is C10H5N5O3. The van der Waals surface area contributed by atoms with Crippen molar-refractivity contribution in [1.29, 1.82) is 0 Å². The van der Waals surface area contributed by atoms with Crippen LogP contribution in [0.3, 0.4) is 0 Å². The van der Waals surface area contributed by atoms with Gasteiger partial charge in [-0.05, 0) is 17.1 Å². The number of aldehydes is 1. The lowest BCUT2D eigenvalue weighted by Crippen LogP contribution is -1.97. The minimum atomic E-state index is -0.728. The Morgan fingerprint density at radius 3 is 2.83 bits per heavy atom. The second kappa shape index (κ2) is 4.42. The van der Waals surface area contributed by atoms with Crippen molar-refractivity contribution in [3.05, 3.63) is 51.6 Å². The van der Waals surface area contributed by atoms with Crippen molar-refractivity contribution >= 4 is 17.9 Å². The SMILES string of the molecule is [C-]#[N+]c1cc(C=O)ccc1-n1cnc([N+](=O)[O-])n1. The highest BCUT2D eigenvalue weighted by Gasteiger charge is 2.16. The molecule has 1 heterocycles. The van der Waals surface area contributed by atoms with Gasteiger partial charge in [0, 0.05) is 10.7 Å². The van der Waals surface area contributed by atoms with E-state index in [4.69, 9.17) is 6.57 Å². The van der Waals surface area contributed by atoms with Crippen molar-refractivity contribution in [2.75, 3.05) is 0 Å². The highest BCUT2D eigenvalue weighted by molar-refractivity contribution is 5.79. The molecule has 0 fully saturated rings. The van der Waals surface area contributed by atoms with Crippen LogP contribution in [0.15, 0.2) is 24.5 Å². The first-order valence-electron chi connectivity index (χ1n) is 4.69. The summed E-state index contributed by atoms with van der Waals surface area (Å²) in [6, 6.07) is 4.35. The molecule has 8 nitrogen and oxygen atoms in total. The van der Waals surface area contributed by atoms with Crippen LogP contribution >= 0.6 is 0 Å². The molecule has 0 aliphatic carbocycles. The van der Waals surface area contributed by atoms with Crippen molar-refractivity contribution < 1.29 is 9.72 Å². The highest BCUT2D eigenvalue weighted by atomic mass is 16.6. The molecule has 0 N–H and O–H groups in total. The summed E-state index contributed by atoms with van der Waals surface area (Å²) in [5, 5.41) is 14.1. The van der Waals surface area contributed by atoms with Gasteiger partial charge in [0.05, 0.1) is 12.3 Å². The Bertz CT molecular complexity index is 670. The van der Waals surface area contributed by atoms with Crippen LogP contribution in [0.2, 0.25) is 0 Å². The van der Waals surface area contributed by atoms with Crippen LogP contribution in [0, 0.1) is 16.7 Å². The monoisotopic (exact) mass is 243 g/mol. The second-order valence-corrected chi connectivity index (χ2v) is 3.22. The first-order chi connectivity index (χ1) is 8.65. The molecule has 0 aliphatic rings. The number of hydrogen-bond acceptors (Lipinski definition) is 5.